The van der Waals surface area contributed by atoms with E-state index in [9.17, 15) is 9.59 Å². The molecule has 2 heterocycles. The highest BCUT2D eigenvalue weighted by Crippen LogP contribution is 2.42. The van der Waals surface area contributed by atoms with Crippen LogP contribution in [-0.2, 0) is 23.3 Å². The van der Waals surface area contributed by atoms with Crippen molar-refractivity contribution in [1.82, 2.24) is 14.0 Å². The molecule has 1 saturated heterocycles. The van der Waals surface area contributed by atoms with Gasteiger partial charge < -0.3 is 14.4 Å². The number of piperidine rings is 1. The van der Waals surface area contributed by atoms with Gasteiger partial charge in [-0.05, 0) is 44.9 Å². The molecule has 1 atom stereocenters. The summed E-state index contributed by atoms with van der Waals surface area (Å²) in [5, 5.41) is 0. The number of rotatable bonds is 6. The first-order valence-corrected chi connectivity index (χ1v) is 15.4. The van der Waals surface area contributed by atoms with Gasteiger partial charge in [0.15, 0.2) is 0 Å². The molecule has 0 spiro atoms. The molecular weight excluding hydrogens is 460 g/mol. The van der Waals surface area contributed by atoms with Crippen LogP contribution < -0.4 is 5.69 Å². The number of hydrogen-bond donors (Lipinski definition) is 0. The number of halogens is 2. The van der Waals surface area contributed by atoms with Crippen molar-refractivity contribution in [2.45, 2.75) is 77.0 Å². The zero-order valence-corrected chi connectivity index (χ0v) is 22.3. The topological polar surface area (TPSA) is 65.7 Å². The minimum Gasteiger partial charge on any atom is -0.444 e. The van der Waals surface area contributed by atoms with E-state index < -0.39 is 38.2 Å². The van der Waals surface area contributed by atoms with Crippen LogP contribution in [0.2, 0.25) is 25.7 Å². The maximum Gasteiger partial charge on any atom is 0.410 e. The number of fused-ring (bicyclic) bond motifs is 1. The van der Waals surface area contributed by atoms with Gasteiger partial charge in [0.1, 0.15) is 12.3 Å². The van der Waals surface area contributed by atoms with Gasteiger partial charge in [-0.2, -0.15) is 0 Å². The molecule has 1 unspecified atom stereocenters. The summed E-state index contributed by atoms with van der Waals surface area (Å²) in [5.74, 6) is -4.29. The number of hydrogen-bond acceptors (Lipinski definition) is 4. The number of imidazole rings is 1. The number of aromatic nitrogens is 2. The highest BCUT2D eigenvalue weighted by atomic mass is 28.3. The van der Waals surface area contributed by atoms with Crippen molar-refractivity contribution in [3.05, 3.63) is 34.2 Å². The molecule has 1 aliphatic rings. The number of carbonyl (C=O) groups is 1. The Balaban J connectivity index is 1.86. The molecular formula is C24H37F2N3O4Si. The third kappa shape index (κ3) is 5.89. The molecule has 0 saturated carbocycles. The van der Waals surface area contributed by atoms with Gasteiger partial charge in [-0.1, -0.05) is 31.8 Å². The average Bonchev–Trinajstić information content (AvgIpc) is 2.93. The molecule has 1 aromatic carbocycles. The number of carbonyl (C=O) groups excluding carboxylic acids is 1. The van der Waals surface area contributed by atoms with Crippen molar-refractivity contribution in [3.63, 3.8) is 0 Å². The van der Waals surface area contributed by atoms with E-state index in [2.05, 4.69) is 19.6 Å². The van der Waals surface area contributed by atoms with E-state index in [0.29, 0.717) is 23.2 Å². The van der Waals surface area contributed by atoms with Gasteiger partial charge in [-0.15, -0.1) is 0 Å². The van der Waals surface area contributed by atoms with Crippen LogP contribution in [0.25, 0.3) is 11.0 Å². The van der Waals surface area contributed by atoms with Gasteiger partial charge in [0.25, 0.3) is 5.92 Å². The van der Waals surface area contributed by atoms with Crippen LogP contribution in [0.5, 0.6) is 0 Å². The summed E-state index contributed by atoms with van der Waals surface area (Å²) in [7, 11) is 0.328. The van der Waals surface area contributed by atoms with Crippen molar-refractivity contribution >= 4 is 25.2 Å². The molecule has 7 nitrogen and oxygen atoms in total. The Morgan fingerprint density at radius 3 is 2.50 bits per heavy atom. The van der Waals surface area contributed by atoms with E-state index in [4.69, 9.17) is 9.47 Å². The van der Waals surface area contributed by atoms with Gasteiger partial charge >= 0.3 is 11.8 Å². The van der Waals surface area contributed by atoms with Crippen LogP contribution in [0.15, 0.2) is 23.0 Å². The molecule has 2 aromatic rings. The molecule has 0 bridgehead atoms. The molecule has 0 aliphatic carbocycles. The predicted octanol–water partition coefficient (Wildman–Crippen LogP) is 5.01. The Hall–Kier alpha value is -2.20. The Kier molecular flexibility index (Phi) is 7.34. The second-order valence-electron chi connectivity index (χ2n) is 11.3. The van der Waals surface area contributed by atoms with Gasteiger partial charge in [0.05, 0.1) is 23.5 Å². The summed E-state index contributed by atoms with van der Waals surface area (Å²) in [6.07, 6.45) is -0.671. The van der Waals surface area contributed by atoms with E-state index in [1.165, 1.54) is 9.13 Å². The molecule has 1 aromatic heterocycles. The van der Waals surface area contributed by atoms with Crippen molar-refractivity contribution in [2.75, 3.05) is 19.7 Å². The second-order valence-corrected chi connectivity index (χ2v) is 17.0. The van der Waals surface area contributed by atoms with E-state index in [0.717, 1.165) is 10.9 Å². The fourth-order valence-electron chi connectivity index (χ4n) is 4.26. The third-order valence-corrected chi connectivity index (χ3v) is 7.74. The molecule has 0 N–H and O–H groups in total. The van der Waals surface area contributed by atoms with Crippen molar-refractivity contribution in [3.8, 4) is 0 Å². The molecule has 10 heteroatoms. The number of ether oxygens (including phenoxy) is 2. The van der Waals surface area contributed by atoms with Crippen molar-refractivity contribution < 1.29 is 23.0 Å². The summed E-state index contributed by atoms with van der Waals surface area (Å²) in [4.78, 5) is 26.4. The zero-order chi connectivity index (χ0) is 25.5. The van der Waals surface area contributed by atoms with Crippen molar-refractivity contribution in [2.24, 2.45) is 7.05 Å². The number of amides is 1. The summed E-state index contributed by atoms with van der Waals surface area (Å²) in [5.41, 5.74) is 0.407. The fourth-order valence-corrected chi connectivity index (χ4v) is 5.01. The number of nitrogens with zero attached hydrogens (tertiary/aromatic N) is 3. The van der Waals surface area contributed by atoms with Crippen LogP contribution in [0.3, 0.4) is 0 Å². The fraction of sp³-hybridized carbons (Fsp3) is 0.667. The SMILES string of the molecule is Cn1c(=O)n(COCC[Si](C)(C)C)c2cccc(C3CCN(C(=O)OC(C)(C)C)CC3(F)F)c21. The average molecular weight is 498 g/mol. The standard InChI is InChI=1S/C24H37F2N3O4Si/c1-23(2,3)33-22(31)28-12-11-18(24(25,26)15-28)17-9-8-10-19-20(17)27(4)21(30)29(19)16-32-13-14-34(5,6)7/h8-10,18H,11-16H2,1-7H3. The maximum absolute atomic E-state index is 15.4. The van der Waals surface area contributed by atoms with Crippen LogP contribution in [0, 0.1) is 0 Å². The first kappa shape index (κ1) is 26.4. The first-order valence-electron chi connectivity index (χ1n) is 11.7. The first-order chi connectivity index (χ1) is 15.6. The van der Waals surface area contributed by atoms with Crippen LogP contribution in [0.4, 0.5) is 13.6 Å². The summed E-state index contributed by atoms with van der Waals surface area (Å²) in [6, 6.07) is 6.09. The lowest BCUT2D eigenvalue weighted by Crippen LogP contribution is -2.51. The Bertz CT molecular complexity index is 1100. The lowest BCUT2D eigenvalue weighted by molar-refractivity contribution is -0.0846. The lowest BCUT2D eigenvalue weighted by atomic mass is 9.85. The number of benzene rings is 1. The minimum atomic E-state index is -3.17. The number of alkyl halides is 2. The molecule has 1 fully saturated rings. The Morgan fingerprint density at radius 2 is 1.91 bits per heavy atom. The monoisotopic (exact) mass is 497 g/mol. The van der Waals surface area contributed by atoms with Crippen LogP contribution in [-0.4, -0.2) is 59.4 Å². The quantitative estimate of drug-likeness (QED) is 0.416. The molecule has 34 heavy (non-hydrogen) atoms. The van der Waals surface area contributed by atoms with E-state index in [-0.39, 0.29) is 25.4 Å². The van der Waals surface area contributed by atoms with Gasteiger partial charge in [0, 0.05) is 28.3 Å². The zero-order valence-electron chi connectivity index (χ0n) is 21.3. The highest BCUT2D eigenvalue weighted by Gasteiger charge is 2.48. The molecule has 1 amide bonds. The Morgan fingerprint density at radius 1 is 1.24 bits per heavy atom. The summed E-state index contributed by atoms with van der Waals surface area (Å²) >= 11 is 0. The smallest absolute Gasteiger partial charge is 0.410 e. The van der Waals surface area contributed by atoms with Gasteiger partial charge in [0.2, 0.25) is 0 Å². The number of para-hydroxylation sites is 1. The molecule has 0 radical (unpaired) electrons. The number of likely N-dealkylation sites (tertiary alicyclic amines) is 1. The third-order valence-electron chi connectivity index (χ3n) is 6.03. The lowest BCUT2D eigenvalue weighted by Gasteiger charge is -2.39. The van der Waals surface area contributed by atoms with Crippen molar-refractivity contribution in [1.29, 1.82) is 0 Å². The predicted molar refractivity (Wildman–Crippen MR) is 131 cm³/mol. The van der Waals surface area contributed by atoms with Gasteiger partial charge in [-0.25, -0.2) is 18.4 Å². The maximum atomic E-state index is 15.4. The highest BCUT2D eigenvalue weighted by molar-refractivity contribution is 6.76. The van der Waals surface area contributed by atoms with Crippen LogP contribution in [0.1, 0.15) is 38.7 Å². The normalized spacial score (nSPS) is 19.0. The van der Waals surface area contributed by atoms with E-state index in [1.807, 2.05) is 0 Å². The largest absolute Gasteiger partial charge is 0.444 e. The number of aryl methyl sites for hydroxylation is 1. The second kappa shape index (κ2) is 9.45. The Labute approximate surface area is 200 Å². The summed E-state index contributed by atoms with van der Waals surface area (Å²) in [6.45, 7) is 11.9. The van der Waals surface area contributed by atoms with Gasteiger partial charge in [-0.3, -0.25) is 9.13 Å². The summed E-state index contributed by atoms with van der Waals surface area (Å²) < 4.78 is 44.7. The minimum absolute atomic E-state index is 0.0669. The van der Waals surface area contributed by atoms with E-state index >= 15 is 8.78 Å². The molecule has 3 rings (SSSR count). The molecule has 1 aliphatic heterocycles. The molecule has 190 valence electrons. The van der Waals surface area contributed by atoms with Crippen LogP contribution >= 0.6 is 0 Å². The van der Waals surface area contributed by atoms with E-state index in [1.54, 1.807) is 46.0 Å².